The van der Waals surface area contributed by atoms with Crippen molar-refractivity contribution in [3.63, 3.8) is 0 Å². The minimum Gasteiger partial charge on any atom is -0.481 e. The molecule has 1 heterocycles. The van der Waals surface area contributed by atoms with Gasteiger partial charge in [-0.2, -0.15) is 0 Å². The molecule has 0 aliphatic carbocycles. The molecule has 0 aromatic heterocycles. The fraction of sp³-hybridized carbons (Fsp3) is 0.583. The molecule has 21 heavy (non-hydrogen) atoms. The Morgan fingerprint density at radius 3 is 1.90 bits per heavy atom. The summed E-state index contributed by atoms with van der Waals surface area (Å²) in [5, 5.41) is 35.7. The molecule has 1 aliphatic rings. The summed E-state index contributed by atoms with van der Waals surface area (Å²) in [6.07, 6.45) is -0.0931. The highest BCUT2D eigenvalue weighted by Gasteiger charge is 2.64. The monoisotopic (exact) mass is 304 g/mol. The maximum atomic E-state index is 11.1. The normalized spacial score (nSPS) is 22.9. The summed E-state index contributed by atoms with van der Waals surface area (Å²) in [4.78, 5) is 37.0. The van der Waals surface area contributed by atoms with E-state index in [0.29, 0.717) is 6.42 Å². The van der Waals surface area contributed by atoms with Crippen LogP contribution in [0.25, 0.3) is 0 Å². The lowest BCUT2D eigenvalue weighted by Gasteiger charge is -2.59. The second kappa shape index (κ2) is 6.10. The minimum absolute atomic E-state index is 0.0672. The molecule has 9 nitrogen and oxygen atoms in total. The van der Waals surface area contributed by atoms with Gasteiger partial charge in [0.15, 0.2) is 24.4 Å². The number of carboxylic acids is 3. The third-order valence-corrected chi connectivity index (χ3v) is 4.12. The van der Waals surface area contributed by atoms with Crippen LogP contribution >= 0.6 is 0 Å². The first-order chi connectivity index (χ1) is 9.69. The topological polar surface area (TPSA) is 141 Å². The van der Waals surface area contributed by atoms with E-state index >= 15 is 0 Å². The van der Waals surface area contributed by atoms with Crippen molar-refractivity contribution in [2.24, 2.45) is 0 Å². The van der Waals surface area contributed by atoms with E-state index in [1.807, 2.05) is 0 Å². The van der Waals surface area contributed by atoms with Crippen LogP contribution in [0.2, 0.25) is 0 Å². The summed E-state index contributed by atoms with van der Waals surface area (Å²) in [5.74, 6) is -3.77. The summed E-state index contributed by atoms with van der Waals surface area (Å²) in [5.41, 5.74) is -1.23. The fourth-order valence-electron chi connectivity index (χ4n) is 3.04. The van der Waals surface area contributed by atoms with E-state index in [9.17, 15) is 14.4 Å². The second-order valence-corrected chi connectivity index (χ2v) is 5.16. The van der Waals surface area contributed by atoms with Crippen LogP contribution in [0.15, 0.2) is 12.3 Å². The van der Waals surface area contributed by atoms with Crippen LogP contribution < -0.4 is 0 Å². The molecule has 4 N–H and O–H groups in total. The van der Waals surface area contributed by atoms with Crippen LogP contribution in [0.4, 0.5) is 0 Å². The Labute approximate surface area is 120 Å². The van der Waals surface area contributed by atoms with Gasteiger partial charge in [-0.15, -0.1) is 0 Å². The molecule has 0 aromatic carbocycles. The third kappa shape index (κ3) is 3.14. The Hall–Kier alpha value is -2.13. The van der Waals surface area contributed by atoms with Crippen molar-refractivity contribution >= 4 is 17.9 Å². The molecule has 0 aromatic rings. The van der Waals surface area contributed by atoms with Crippen LogP contribution in [-0.2, 0) is 19.3 Å². The van der Waals surface area contributed by atoms with Gasteiger partial charge in [-0.25, -0.2) is 14.8 Å². The molecule has 1 aliphatic heterocycles. The van der Waals surface area contributed by atoms with Gasteiger partial charge in [0.1, 0.15) is 0 Å². The van der Waals surface area contributed by atoms with E-state index in [-0.39, 0.29) is 25.1 Å². The molecular formula is C12H18NO8+. The standard InChI is InChI=1S/C12H17NO8/c1-8(21-20)12(3-2-9(14)15)4-5-13(12,6-10(16)17)7-11(18)19/h1-7H2,(H3-,14,15,16,17,18,19,20)/p+1. The molecule has 0 saturated carbocycles. The van der Waals surface area contributed by atoms with Gasteiger partial charge in [0, 0.05) is 6.42 Å². The number of aliphatic carboxylic acids is 3. The lowest BCUT2D eigenvalue weighted by Crippen LogP contribution is -2.77. The van der Waals surface area contributed by atoms with Gasteiger partial charge in [-0.3, -0.25) is 9.28 Å². The smallest absolute Gasteiger partial charge is 0.359 e. The van der Waals surface area contributed by atoms with Gasteiger partial charge in [-0.05, 0) is 0 Å². The second-order valence-electron chi connectivity index (χ2n) is 5.16. The highest BCUT2D eigenvalue weighted by atomic mass is 17.1. The molecule has 0 radical (unpaired) electrons. The van der Waals surface area contributed by atoms with Crippen molar-refractivity contribution in [2.75, 3.05) is 19.6 Å². The Balaban J connectivity index is 3.18. The summed E-state index contributed by atoms with van der Waals surface area (Å²) in [6.45, 7) is 2.67. The fourth-order valence-corrected chi connectivity index (χ4v) is 3.04. The number of likely N-dealkylation sites (tertiary alicyclic amines) is 1. The van der Waals surface area contributed by atoms with Crippen molar-refractivity contribution in [3.8, 4) is 0 Å². The van der Waals surface area contributed by atoms with Crippen molar-refractivity contribution in [2.45, 2.75) is 24.8 Å². The first kappa shape index (κ1) is 16.9. The van der Waals surface area contributed by atoms with E-state index in [2.05, 4.69) is 11.5 Å². The Bertz CT molecular complexity index is 458. The zero-order valence-electron chi connectivity index (χ0n) is 11.3. The van der Waals surface area contributed by atoms with Crippen molar-refractivity contribution < 1.29 is 44.3 Å². The van der Waals surface area contributed by atoms with Crippen LogP contribution in [0.3, 0.4) is 0 Å². The molecule has 118 valence electrons. The third-order valence-electron chi connectivity index (χ3n) is 4.12. The molecular weight excluding hydrogens is 286 g/mol. The Morgan fingerprint density at radius 1 is 1.10 bits per heavy atom. The molecule has 0 bridgehead atoms. The van der Waals surface area contributed by atoms with Crippen molar-refractivity contribution in [1.82, 2.24) is 0 Å². The van der Waals surface area contributed by atoms with Crippen LogP contribution in [0, 0.1) is 0 Å². The highest BCUT2D eigenvalue weighted by molar-refractivity contribution is 5.71. The lowest BCUT2D eigenvalue weighted by atomic mass is 9.75. The van der Waals surface area contributed by atoms with Gasteiger partial charge in [0.25, 0.3) is 0 Å². The number of carbonyl (C=O) groups is 3. The first-order valence-corrected chi connectivity index (χ1v) is 6.21. The average Bonchev–Trinajstić information content (AvgIpc) is 2.35. The average molecular weight is 304 g/mol. The number of quaternary nitrogens is 1. The molecule has 0 amide bonds. The number of carboxylic acid groups (broad SMARTS) is 3. The first-order valence-electron chi connectivity index (χ1n) is 6.21. The zero-order valence-corrected chi connectivity index (χ0v) is 11.3. The quantitative estimate of drug-likeness (QED) is 0.201. The van der Waals surface area contributed by atoms with E-state index in [1.54, 1.807) is 0 Å². The predicted molar refractivity (Wildman–Crippen MR) is 67.2 cm³/mol. The predicted octanol–water partition coefficient (Wildman–Crippen LogP) is -0.0170. The van der Waals surface area contributed by atoms with Gasteiger partial charge < -0.3 is 20.2 Å². The molecule has 1 unspecified atom stereocenters. The molecule has 0 spiro atoms. The Morgan fingerprint density at radius 2 is 1.62 bits per heavy atom. The van der Waals surface area contributed by atoms with Gasteiger partial charge in [0.05, 0.1) is 19.4 Å². The summed E-state index contributed by atoms with van der Waals surface area (Å²) in [6, 6.07) is 0. The van der Waals surface area contributed by atoms with Gasteiger partial charge in [0.2, 0.25) is 0 Å². The zero-order chi connectivity index (χ0) is 16.3. The maximum Gasteiger partial charge on any atom is 0.359 e. The number of hydrogen-bond acceptors (Lipinski definition) is 5. The molecule has 9 heteroatoms. The Kier molecular flexibility index (Phi) is 4.92. The van der Waals surface area contributed by atoms with Crippen LogP contribution in [0.5, 0.6) is 0 Å². The van der Waals surface area contributed by atoms with Gasteiger partial charge in [-0.1, -0.05) is 6.58 Å². The summed E-state index contributed by atoms with van der Waals surface area (Å²) >= 11 is 0. The van der Waals surface area contributed by atoms with Crippen molar-refractivity contribution in [3.05, 3.63) is 12.3 Å². The van der Waals surface area contributed by atoms with E-state index in [4.69, 9.17) is 20.6 Å². The van der Waals surface area contributed by atoms with Crippen LogP contribution in [0.1, 0.15) is 19.3 Å². The maximum absolute atomic E-state index is 11.1. The highest BCUT2D eigenvalue weighted by Crippen LogP contribution is 2.47. The molecule has 1 atom stereocenters. The number of rotatable bonds is 9. The number of hydrogen-bond donors (Lipinski definition) is 4. The van der Waals surface area contributed by atoms with Crippen molar-refractivity contribution in [1.29, 1.82) is 0 Å². The summed E-state index contributed by atoms with van der Waals surface area (Å²) in [7, 11) is 0. The van der Waals surface area contributed by atoms with E-state index in [1.165, 1.54) is 0 Å². The van der Waals surface area contributed by atoms with E-state index in [0.717, 1.165) is 0 Å². The SMILES string of the molecule is C=C(OO)C1(CCC(=O)O)CC[N+]1(CC(=O)O)CC(=O)O. The largest absolute Gasteiger partial charge is 0.481 e. The minimum atomic E-state index is -1.23. The molecule has 1 saturated heterocycles. The van der Waals surface area contributed by atoms with E-state index < -0.39 is 41.0 Å². The molecule has 1 rings (SSSR count). The van der Waals surface area contributed by atoms with Gasteiger partial charge >= 0.3 is 17.9 Å². The lowest BCUT2D eigenvalue weighted by molar-refractivity contribution is -1.00. The summed E-state index contributed by atoms with van der Waals surface area (Å²) < 4.78 is -0.426. The molecule has 1 fully saturated rings. The van der Waals surface area contributed by atoms with Crippen LogP contribution in [-0.4, -0.2) is 68.1 Å². The number of nitrogens with zero attached hydrogens (tertiary/aromatic N) is 1.